The molecule has 33 heavy (non-hydrogen) atoms. The zero-order chi connectivity index (χ0) is 22.9. The van der Waals surface area contributed by atoms with Gasteiger partial charge in [0.1, 0.15) is 11.6 Å². The maximum absolute atomic E-state index is 9.16. The summed E-state index contributed by atoms with van der Waals surface area (Å²) in [6.07, 6.45) is 3.89. The van der Waals surface area contributed by atoms with Crippen molar-refractivity contribution in [3.8, 4) is 6.07 Å². The van der Waals surface area contributed by atoms with Crippen molar-refractivity contribution in [2.75, 3.05) is 17.6 Å². The number of nitrogens with one attached hydrogen (secondary N) is 2. The molecule has 0 saturated heterocycles. The third-order valence-electron chi connectivity index (χ3n) is 5.90. The first-order valence-corrected chi connectivity index (χ1v) is 11.4. The summed E-state index contributed by atoms with van der Waals surface area (Å²) in [6.45, 7) is 0.904. The zero-order valence-corrected chi connectivity index (χ0v) is 18.7. The van der Waals surface area contributed by atoms with E-state index >= 15 is 0 Å². The highest BCUT2D eigenvalue weighted by atomic mass is 15.2. The molecule has 0 unspecified atom stereocenters. The van der Waals surface area contributed by atoms with Crippen molar-refractivity contribution in [1.29, 1.82) is 5.26 Å². The molecule has 1 heterocycles. The fraction of sp³-hybridized carbons (Fsp3) is 0.214. The molecule has 0 amide bonds. The lowest BCUT2D eigenvalue weighted by Gasteiger charge is -2.20. The SMILES string of the molecule is N#Cc1c(N)n[nH]c1CCCCCNc1cccc(C(c2ccccc2)c2ccccc2)c1. The van der Waals surface area contributed by atoms with Crippen LogP contribution in [0, 0.1) is 11.3 Å². The molecule has 5 nitrogen and oxygen atoms in total. The van der Waals surface area contributed by atoms with E-state index < -0.39 is 0 Å². The van der Waals surface area contributed by atoms with Crippen LogP contribution in [0.2, 0.25) is 0 Å². The van der Waals surface area contributed by atoms with Gasteiger partial charge in [0.15, 0.2) is 5.82 Å². The highest BCUT2D eigenvalue weighted by Crippen LogP contribution is 2.33. The molecular formula is C28H29N5. The summed E-state index contributed by atoms with van der Waals surface area (Å²) in [7, 11) is 0. The molecule has 0 radical (unpaired) electrons. The summed E-state index contributed by atoms with van der Waals surface area (Å²) in [4.78, 5) is 0. The number of hydrogen-bond donors (Lipinski definition) is 3. The molecule has 0 aliphatic carbocycles. The number of anilines is 2. The lowest BCUT2D eigenvalue weighted by atomic mass is 9.85. The van der Waals surface area contributed by atoms with Crippen LogP contribution in [0.1, 0.15) is 53.1 Å². The molecule has 0 bridgehead atoms. The minimum Gasteiger partial charge on any atom is -0.385 e. The van der Waals surface area contributed by atoms with Crippen molar-refractivity contribution >= 4 is 11.5 Å². The Morgan fingerprint density at radius 1 is 0.848 bits per heavy atom. The van der Waals surface area contributed by atoms with Gasteiger partial charge < -0.3 is 11.1 Å². The summed E-state index contributed by atoms with van der Waals surface area (Å²) in [5.74, 6) is 0.490. The molecular weight excluding hydrogens is 406 g/mol. The van der Waals surface area contributed by atoms with Crippen molar-refractivity contribution in [2.24, 2.45) is 0 Å². The number of nitrogens with two attached hydrogens (primary N) is 1. The first-order chi connectivity index (χ1) is 16.3. The number of nitriles is 1. The van der Waals surface area contributed by atoms with Crippen molar-refractivity contribution in [3.63, 3.8) is 0 Å². The van der Waals surface area contributed by atoms with E-state index in [-0.39, 0.29) is 5.92 Å². The summed E-state index contributed by atoms with van der Waals surface area (Å²) in [5.41, 5.74) is 12.0. The van der Waals surface area contributed by atoms with E-state index in [2.05, 4.69) is 107 Å². The topological polar surface area (TPSA) is 90.5 Å². The van der Waals surface area contributed by atoms with Crippen molar-refractivity contribution in [2.45, 2.75) is 31.6 Å². The zero-order valence-electron chi connectivity index (χ0n) is 18.7. The Morgan fingerprint density at radius 2 is 1.52 bits per heavy atom. The smallest absolute Gasteiger partial charge is 0.163 e. The first kappa shape index (κ1) is 22.2. The molecule has 1 aromatic heterocycles. The molecule has 0 spiro atoms. The molecule has 0 saturated carbocycles. The highest BCUT2D eigenvalue weighted by Gasteiger charge is 2.16. The maximum atomic E-state index is 9.16. The molecule has 4 aromatic rings. The van der Waals surface area contributed by atoms with E-state index in [4.69, 9.17) is 11.0 Å². The maximum Gasteiger partial charge on any atom is 0.163 e. The molecule has 3 aromatic carbocycles. The molecule has 0 atom stereocenters. The lowest BCUT2D eigenvalue weighted by Crippen LogP contribution is -2.06. The van der Waals surface area contributed by atoms with Gasteiger partial charge in [-0.3, -0.25) is 5.10 Å². The van der Waals surface area contributed by atoms with E-state index in [0.717, 1.165) is 43.6 Å². The van der Waals surface area contributed by atoms with E-state index in [0.29, 0.717) is 11.4 Å². The number of rotatable bonds is 10. The van der Waals surface area contributed by atoms with Gasteiger partial charge in [-0.2, -0.15) is 10.4 Å². The van der Waals surface area contributed by atoms with E-state index in [1.807, 2.05) is 0 Å². The summed E-state index contributed by atoms with van der Waals surface area (Å²) < 4.78 is 0. The van der Waals surface area contributed by atoms with Crippen molar-refractivity contribution < 1.29 is 0 Å². The molecule has 0 aliphatic heterocycles. The van der Waals surface area contributed by atoms with Gasteiger partial charge in [0, 0.05) is 18.2 Å². The summed E-state index contributed by atoms with van der Waals surface area (Å²) in [5, 5.41) is 19.5. The largest absolute Gasteiger partial charge is 0.385 e. The number of aryl methyl sites for hydroxylation is 1. The molecule has 5 heteroatoms. The van der Waals surface area contributed by atoms with Crippen LogP contribution >= 0.6 is 0 Å². The second-order valence-electron chi connectivity index (χ2n) is 8.19. The van der Waals surface area contributed by atoms with Gasteiger partial charge in [-0.1, -0.05) is 79.2 Å². The van der Waals surface area contributed by atoms with Crippen molar-refractivity contribution in [1.82, 2.24) is 10.2 Å². The second kappa shape index (κ2) is 11.0. The van der Waals surface area contributed by atoms with E-state index in [9.17, 15) is 0 Å². The van der Waals surface area contributed by atoms with Crippen molar-refractivity contribution in [3.05, 3.63) is 113 Å². The summed E-state index contributed by atoms with van der Waals surface area (Å²) >= 11 is 0. The normalized spacial score (nSPS) is 10.8. The van der Waals surface area contributed by atoms with Crippen LogP contribution in [0.25, 0.3) is 0 Å². The second-order valence-corrected chi connectivity index (χ2v) is 8.19. The Bertz CT molecular complexity index is 1150. The number of aromatic nitrogens is 2. The number of hydrogen-bond acceptors (Lipinski definition) is 4. The first-order valence-electron chi connectivity index (χ1n) is 11.4. The Hall–Kier alpha value is -4.04. The van der Waals surface area contributed by atoms with Crippen LogP contribution in [0.5, 0.6) is 0 Å². The van der Waals surface area contributed by atoms with Gasteiger partial charge in [-0.05, 0) is 48.1 Å². The van der Waals surface area contributed by atoms with E-state index in [1.54, 1.807) is 0 Å². The number of aromatic amines is 1. The predicted octanol–water partition coefficient (Wildman–Crippen LogP) is 5.87. The molecule has 0 aliphatic rings. The van der Waals surface area contributed by atoms with Crippen LogP contribution in [0.3, 0.4) is 0 Å². The predicted molar refractivity (Wildman–Crippen MR) is 134 cm³/mol. The van der Waals surface area contributed by atoms with Gasteiger partial charge in [0.05, 0.1) is 5.69 Å². The van der Waals surface area contributed by atoms with Gasteiger partial charge in [0.25, 0.3) is 0 Å². The Balaban J connectivity index is 1.35. The van der Waals surface area contributed by atoms with Crippen LogP contribution in [-0.4, -0.2) is 16.7 Å². The van der Waals surface area contributed by atoms with Gasteiger partial charge in [-0.15, -0.1) is 0 Å². The fourth-order valence-electron chi connectivity index (χ4n) is 4.23. The molecule has 4 N–H and O–H groups in total. The van der Waals surface area contributed by atoms with Gasteiger partial charge in [-0.25, -0.2) is 0 Å². The average molecular weight is 436 g/mol. The third kappa shape index (κ3) is 5.61. The third-order valence-corrected chi connectivity index (χ3v) is 5.90. The fourth-order valence-corrected chi connectivity index (χ4v) is 4.23. The number of nitrogen functional groups attached to an aromatic ring is 1. The number of H-pyrrole nitrogens is 1. The molecule has 166 valence electrons. The van der Waals surface area contributed by atoms with Gasteiger partial charge >= 0.3 is 0 Å². The minimum atomic E-state index is 0.199. The monoisotopic (exact) mass is 435 g/mol. The Kier molecular flexibility index (Phi) is 7.40. The lowest BCUT2D eigenvalue weighted by molar-refractivity contribution is 0.688. The minimum absolute atomic E-state index is 0.199. The quantitative estimate of drug-likeness (QED) is 0.215. The van der Waals surface area contributed by atoms with Crippen LogP contribution in [0.4, 0.5) is 11.5 Å². The number of nitrogens with zero attached hydrogens (tertiary/aromatic N) is 2. The highest BCUT2D eigenvalue weighted by molar-refractivity contribution is 5.52. The van der Waals surface area contributed by atoms with E-state index in [1.165, 1.54) is 16.7 Å². The molecule has 4 rings (SSSR count). The summed E-state index contributed by atoms with van der Waals surface area (Å²) in [6, 6.07) is 32.2. The number of benzene rings is 3. The Labute approximate surface area is 195 Å². The average Bonchev–Trinajstić information content (AvgIpc) is 3.22. The number of unbranched alkanes of at least 4 members (excludes halogenated alkanes) is 2. The Morgan fingerprint density at radius 3 is 2.18 bits per heavy atom. The van der Waals surface area contributed by atoms with Crippen LogP contribution in [0.15, 0.2) is 84.9 Å². The van der Waals surface area contributed by atoms with Crippen LogP contribution in [-0.2, 0) is 6.42 Å². The van der Waals surface area contributed by atoms with Gasteiger partial charge in [0.2, 0.25) is 0 Å². The standard InChI is InChI=1S/C28H29N5/c29-20-25-26(32-33-28(25)30)17-8-3-9-18-31-24-16-10-15-23(19-24)27(21-11-4-1-5-12-21)22-13-6-2-7-14-22/h1-2,4-7,10-16,19,27,31H,3,8-9,17-18H2,(H3,30,32,33). The molecule has 0 fully saturated rings. The van der Waals surface area contributed by atoms with Crippen LogP contribution < -0.4 is 11.1 Å².